The normalized spacial score (nSPS) is 28.7. The van der Waals surface area contributed by atoms with Gasteiger partial charge in [0.05, 0.1) is 0 Å². The van der Waals surface area contributed by atoms with Gasteiger partial charge in [-0.2, -0.15) is 11.8 Å². The van der Waals surface area contributed by atoms with E-state index in [1.165, 1.54) is 18.6 Å². The van der Waals surface area contributed by atoms with Gasteiger partial charge in [0, 0.05) is 11.3 Å². The first kappa shape index (κ1) is 9.27. The summed E-state index contributed by atoms with van der Waals surface area (Å²) in [6.45, 7) is 2.28. The maximum atomic E-state index is 3.99. The van der Waals surface area contributed by atoms with E-state index in [1.54, 1.807) is 16.8 Å². The molecule has 0 aliphatic carbocycles. The van der Waals surface area contributed by atoms with Gasteiger partial charge in [-0.25, -0.2) is 0 Å². The summed E-state index contributed by atoms with van der Waals surface area (Å²) in [6.07, 6.45) is 2.57. The lowest BCUT2D eigenvalue weighted by Gasteiger charge is -2.28. The van der Waals surface area contributed by atoms with Crippen molar-refractivity contribution in [2.24, 2.45) is 0 Å². The van der Waals surface area contributed by atoms with Crippen LogP contribution in [-0.2, 0) is 0 Å². The Morgan fingerprint density at radius 2 is 2.54 bits per heavy atom. The van der Waals surface area contributed by atoms with Crippen molar-refractivity contribution in [3.05, 3.63) is 5.51 Å². The molecule has 3 nitrogen and oxygen atoms in total. The van der Waals surface area contributed by atoms with Crippen molar-refractivity contribution in [2.75, 3.05) is 11.1 Å². The Morgan fingerprint density at radius 3 is 3.23 bits per heavy atom. The van der Waals surface area contributed by atoms with E-state index in [4.69, 9.17) is 0 Å². The van der Waals surface area contributed by atoms with E-state index < -0.39 is 0 Å². The molecule has 1 fully saturated rings. The number of nitrogens with one attached hydrogen (secondary N) is 1. The minimum Gasteiger partial charge on any atom is -0.356 e. The van der Waals surface area contributed by atoms with Crippen molar-refractivity contribution in [1.29, 1.82) is 0 Å². The molecule has 0 aromatic carbocycles. The average molecular weight is 215 g/mol. The average Bonchev–Trinajstić information content (AvgIpc) is 2.61. The molecule has 1 aromatic rings. The van der Waals surface area contributed by atoms with Crippen LogP contribution in [-0.4, -0.2) is 27.2 Å². The summed E-state index contributed by atoms with van der Waals surface area (Å²) in [7, 11) is 0. The van der Waals surface area contributed by atoms with Crippen LogP contribution in [0.25, 0.3) is 0 Å². The number of nitrogens with zero attached hydrogens (tertiary/aromatic N) is 2. The molecule has 2 atom stereocenters. The van der Waals surface area contributed by atoms with Gasteiger partial charge in [0.2, 0.25) is 5.13 Å². The first-order valence-electron chi connectivity index (χ1n) is 4.50. The molecule has 0 bridgehead atoms. The highest BCUT2D eigenvalue weighted by Gasteiger charge is 2.21. The number of hydrogen-bond acceptors (Lipinski definition) is 5. The highest BCUT2D eigenvalue weighted by molar-refractivity contribution is 8.00. The molecule has 1 aromatic heterocycles. The predicted octanol–water partition coefficient (Wildman–Crippen LogP) is 2.23. The van der Waals surface area contributed by atoms with Crippen LogP contribution in [0, 0.1) is 0 Å². The third-order valence-corrected chi connectivity index (χ3v) is 4.28. The third-order valence-electron chi connectivity index (χ3n) is 2.28. The largest absolute Gasteiger partial charge is 0.356 e. The molecule has 1 N–H and O–H groups in total. The summed E-state index contributed by atoms with van der Waals surface area (Å²) < 4.78 is 0. The summed E-state index contributed by atoms with van der Waals surface area (Å²) in [5, 5.41) is 12.9. The maximum absolute atomic E-state index is 3.99. The second kappa shape index (κ2) is 4.28. The van der Waals surface area contributed by atoms with Gasteiger partial charge in [-0.15, -0.1) is 10.2 Å². The monoisotopic (exact) mass is 215 g/mol. The highest BCUT2D eigenvalue weighted by Crippen LogP contribution is 2.27. The molecule has 0 radical (unpaired) electrons. The van der Waals surface area contributed by atoms with Gasteiger partial charge in [0.25, 0.3) is 0 Å². The molecule has 0 amide bonds. The quantitative estimate of drug-likeness (QED) is 0.821. The predicted molar refractivity (Wildman–Crippen MR) is 58.5 cm³/mol. The molecule has 5 heteroatoms. The van der Waals surface area contributed by atoms with Gasteiger partial charge in [-0.3, -0.25) is 0 Å². The van der Waals surface area contributed by atoms with Gasteiger partial charge >= 0.3 is 0 Å². The molecule has 1 saturated heterocycles. The lowest BCUT2D eigenvalue weighted by Crippen LogP contribution is -2.32. The molecule has 2 unspecified atom stereocenters. The zero-order chi connectivity index (χ0) is 9.10. The fourth-order valence-electron chi connectivity index (χ4n) is 1.51. The maximum Gasteiger partial charge on any atom is 0.205 e. The standard InChI is InChI=1S/C8H13N3S2/c1-6-7(3-2-4-12-6)10-8-11-9-5-13-8/h5-7H,2-4H2,1H3,(H,10,11). The van der Waals surface area contributed by atoms with Gasteiger partial charge in [0.15, 0.2) is 0 Å². The van der Waals surface area contributed by atoms with Gasteiger partial charge in [0.1, 0.15) is 5.51 Å². The fourth-order valence-corrected chi connectivity index (χ4v) is 3.16. The van der Waals surface area contributed by atoms with Gasteiger partial charge < -0.3 is 5.32 Å². The molecule has 13 heavy (non-hydrogen) atoms. The van der Waals surface area contributed by atoms with Crippen LogP contribution in [0.2, 0.25) is 0 Å². The number of hydrogen-bond donors (Lipinski definition) is 1. The van der Waals surface area contributed by atoms with Crippen molar-refractivity contribution in [1.82, 2.24) is 10.2 Å². The molecular weight excluding hydrogens is 202 g/mol. The Hall–Kier alpha value is -0.290. The van der Waals surface area contributed by atoms with E-state index in [1.807, 2.05) is 11.8 Å². The second-order valence-electron chi connectivity index (χ2n) is 3.21. The Kier molecular flexibility index (Phi) is 3.05. The molecule has 1 aliphatic rings. The summed E-state index contributed by atoms with van der Waals surface area (Å²) in [4.78, 5) is 0. The summed E-state index contributed by atoms with van der Waals surface area (Å²) in [5.74, 6) is 1.30. The van der Waals surface area contributed by atoms with Crippen LogP contribution >= 0.6 is 23.1 Å². The molecule has 1 aliphatic heterocycles. The highest BCUT2D eigenvalue weighted by atomic mass is 32.2. The zero-order valence-corrected chi connectivity index (χ0v) is 9.20. The van der Waals surface area contributed by atoms with E-state index in [0.717, 1.165) is 5.13 Å². The van der Waals surface area contributed by atoms with Gasteiger partial charge in [-0.1, -0.05) is 18.3 Å². The molecule has 2 heterocycles. The van der Waals surface area contributed by atoms with E-state index in [2.05, 4.69) is 22.4 Å². The minimum atomic E-state index is 0.576. The lowest BCUT2D eigenvalue weighted by atomic mass is 10.1. The van der Waals surface area contributed by atoms with E-state index in [0.29, 0.717) is 11.3 Å². The Balaban J connectivity index is 1.93. The van der Waals surface area contributed by atoms with Crippen molar-refractivity contribution in [2.45, 2.75) is 31.1 Å². The van der Waals surface area contributed by atoms with Crippen LogP contribution in [0.4, 0.5) is 5.13 Å². The van der Waals surface area contributed by atoms with Crippen LogP contribution in [0.3, 0.4) is 0 Å². The summed E-state index contributed by atoms with van der Waals surface area (Å²) in [5.41, 5.74) is 1.77. The number of aromatic nitrogens is 2. The van der Waals surface area contributed by atoms with E-state index in [9.17, 15) is 0 Å². The van der Waals surface area contributed by atoms with E-state index in [-0.39, 0.29) is 0 Å². The Labute approximate surface area is 86.3 Å². The SMILES string of the molecule is CC1SCCCC1Nc1nncs1. The van der Waals surface area contributed by atoms with Crippen LogP contribution in [0.1, 0.15) is 19.8 Å². The van der Waals surface area contributed by atoms with Crippen molar-refractivity contribution in [3.63, 3.8) is 0 Å². The Morgan fingerprint density at radius 1 is 1.62 bits per heavy atom. The first-order chi connectivity index (χ1) is 6.36. The molecule has 0 saturated carbocycles. The third kappa shape index (κ3) is 2.34. The van der Waals surface area contributed by atoms with Crippen LogP contribution in [0.5, 0.6) is 0 Å². The summed E-state index contributed by atoms with van der Waals surface area (Å²) >= 11 is 3.62. The molecule has 2 rings (SSSR count). The van der Waals surface area contributed by atoms with Crippen molar-refractivity contribution in [3.8, 4) is 0 Å². The minimum absolute atomic E-state index is 0.576. The van der Waals surface area contributed by atoms with Gasteiger partial charge in [-0.05, 0) is 18.6 Å². The second-order valence-corrected chi connectivity index (χ2v) is 5.53. The van der Waals surface area contributed by atoms with Crippen LogP contribution in [0.15, 0.2) is 5.51 Å². The molecule has 0 spiro atoms. The topological polar surface area (TPSA) is 37.8 Å². The molecule has 72 valence electrons. The smallest absolute Gasteiger partial charge is 0.205 e. The van der Waals surface area contributed by atoms with Crippen molar-refractivity contribution >= 4 is 28.2 Å². The fraction of sp³-hybridized carbons (Fsp3) is 0.750. The zero-order valence-electron chi connectivity index (χ0n) is 7.56. The summed E-state index contributed by atoms with van der Waals surface area (Å²) in [6, 6.07) is 0.576. The number of anilines is 1. The Bertz CT molecular complexity index is 250. The first-order valence-corrected chi connectivity index (χ1v) is 6.43. The van der Waals surface area contributed by atoms with Crippen LogP contribution < -0.4 is 5.32 Å². The molecular formula is C8H13N3S2. The lowest BCUT2D eigenvalue weighted by molar-refractivity contribution is 0.616. The van der Waals surface area contributed by atoms with Crippen molar-refractivity contribution < 1.29 is 0 Å². The number of thioether (sulfide) groups is 1. The van der Waals surface area contributed by atoms with E-state index >= 15 is 0 Å². The number of rotatable bonds is 2.